The Morgan fingerprint density at radius 3 is 2.83 bits per heavy atom. The van der Waals surface area contributed by atoms with Gasteiger partial charge in [-0.15, -0.1) is 0 Å². The van der Waals surface area contributed by atoms with Gasteiger partial charge in [-0.05, 0) is 48.4 Å². The fourth-order valence-electron chi connectivity index (χ4n) is 3.73. The van der Waals surface area contributed by atoms with E-state index in [1.165, 1.54) is 6.07 Å². The van der Waals surface area contributed by atoms with E-state index in [9.17, 15) is 9.59 Å². The molecule has 29 heavy (non-hydrogen) atoms. The minimum atomic E-state index is -0.208. The molecule has 1 atom stereocenters. The smallest absolute Gasteiger partial charge is 0.251 e. The van der Waals surface area contributed by atoms with E-state index in [1.54, 1.807) is 18.4 Å². The summed E-state index contributed by atoms with van der Waals surface area (Å²) in [6.45, 7) is 0.673. The third kappa shape index (κ3) is 4.40. The molecule has 0 radical (unpaired) electrons. The van der Waals surface area contributed by atoms with Crippen LogP contribution < -0.4 is 10.3 Å². The molecule has 0 bridgehead atoms. The second-order valence-electron chi connectivity index (χ2n) is 7.15. The number of nitrogens with zero attached hydrogens (tertiary/aromatic N) is 2. The van der Waals surface area contributed by atoms with Gasteiger partial charge in [-0.1, -0.05) is 12.1 Å². The quantitative estimate of drug-likeness (QED) is 0.695. The number of piperidine rings is 1. The number of rotatable bonds is 5. The van der Waals surface area contributed by atoms with Crippen molar-refractivity contribution in [2.45, 2.75) is 31.7 Å². The first-order valence-corrected chi connectivity index (χ1v) is 10.6. The van der Waals surface area contributed by atoms with Crippen molar-refractivity contribution in [2.24, 2.45) is 0 Å². The molecule has 0 unspecified atom stereocenters. The van der Waals surface area contributed by atoms with Gasteiger partial charge >= 0.3 is 0 Å². The van der Waals surface area contributed by atoms with Gasteiger partial charge in [-0.25, -0.2) is 4.98 Å². The number of nitrogens with one attached hydrogen (secondary N) is 1. The van der Waals surface area contributed by atoms with Crippen LogP contribution in [0, 0.1) is 0 Å². The highest BCUT2D eigenvalue weighted by Crippen LogP contribution is 2.30. The average molecular weight is 410 g/mol. The van der Waals surface area contributed by atoms with Crippen molar-refractivity contribution in [3.8, 4) is 17.0 Å². The maximum Gasteiger partial charge on any atom is 0.251 e. The number of ether oxygens (including phenoxy) is 1. The standard InChI is InChI=1S/C22H23N3O3S/c1-28-17-7-5-15(6-8-17)12-21(27)25-10-3-2-4-19(25)22-23-18(13-20(26)24-22)16-9-11-29-14-16/h5-9,11,13-14,19H,2-4,10,12H2,1H3,(H,23,24,26)/t19-/m1/s1. The van der Waals surface area contributed by atoms with E-state index in [1.807, 2.05) is 46.0 Å². The average Bonchev–Trinajstić information content (AvgIpc) is 3.29. The number of carbonyl (C=O) groups is 1. The third-order valence-electron chi connectivity index (χ3n) is 5.23. The van der Waals surface area contributed by atoms with Crippen LogP contribution in [0.25, 0.3) is 11.3 Å². The largest absolute Gasteiger partial charge is 0.497 e. The molecule has 2 aromatic heterocycles. The summed E-state index contributed by atoms with van der Waals surface area (Å²) < 4.78 is 5.18. The van der Waals surface area contributed by atoms with Crippen molar-refractivity contribution < 1.29 is 9.53 Å². The molecule has 1 aliphatic rings. The number of aromatic amines is 1. The summed E-state index contributed by atoms with van der Waals surface area (Å²) in [5.41, 5.74) is 2.32. The molecule has 1 aliphatic heterocycles. The summed E-state index contributed by atoms with van der Waals surface area (Å²) in [5.74, 6) is 1.38. The number of carbonyl (C=O) groups excluding carboxylic acids is 1. The molecule has 0 saturated carbocycles. The summed E-state index contributed by atoms with van der Waals surface area (Å²) in [4.78, 5) is 34.8. The van der Waals surface area contributed by atoms with Crippen LogP contribution in [0.3, 0.4) is 0 Å². The lowest BCUT2D eigenvalue weighted by Crippen LogP contribution is -2.40. The summed E-state index contributed by atoms with van der Waals surface area (Å²) in [6, 6.07) is 10.8. The van der Waals surface area contributed by atoms with Crippen LogP contribution >= 0.6 is 11.3 Å². The molecule has 7 heteroatoms. The van der Waals surface area contributed by atoms with Crippen LogP contribution in [0.15, 0.2) is 52.0 Å². The molecule has 1 amide bonds. The lowest BCUT2D eigenvalue weighted by Gasteiger charge is -2.35. The van der Waals surface area contributed by atoms with Crippen LogP contribution in [-0.4, -0.2) is 34.4 Å². The maximum absolute atomic E-state index is 13.1. The lowest BCUT2D eigenvalue weighted by atomic mass is 9.99. The Morgan fingerprint density at radius 2 is 2.10 bits per heavy atom. The number of likely N-dealkylation sites (tertiary alicyclic amines) is 1. The fraction of sp³-hybridized carbons (Fsp3) is 0.318. The normalized spacial score (nSPS) is 16.6. The molecule has 1 aromatic carbocycles. The number of thiophene rings is 1. The number of methoxy groups -OCH3 is 1. The van der Waals surface area contributed by atoms with Gasteiger partial charge in [0, 0.05) is 23.6 Å². The summed E-state index contributed by atoms with van der Waals surface area (Å²) >= 11 is 1.57. The molecule has 0 aliphatic carbocycles. The van der Waals surface area contributed by atoms with Crippen LogP contribution in [0.1, 0.15) is 36.7 Å². The Labute approximate surface area is 173 Å². The zero-order valence-electron chi connectivity index (χ0n) is 16.3. The van der Waals surface area contributed by atoms with Gasteiger partial charge in [0.15, 0.2) is 0 Å². The molecule has 0 spiro atoms. The number of benzene rings is 1. The number of amides is 1. The zero-order chi connectivity index (χ0) is 20.2. The van der Waals surface area contributed by atoms with Gasteiger partial charge in [0.05, 0.1) is 25.3 Å². The Hall–Kier alpha value is -2.93. The highest BCUT2D eigenvalue weighted by atomic mass is 32.1. The van der Waals surface area contributed by atoms with Gasteiger partial charge in [-0.2, -0.15) is 11.3 Å². The van der Waals surface area contributed by atoms with E-state index >= 15 is 0 Å². The molecule has 1 N–H and O–H groups in total. The van der Waals surface area contributed by atoms with Crippen LogP contribution in [0.4, 0.5) is 0 Å². The summed E-state index contributed by atoms with van der Waals surface area (Å²) in [6.07, 6.45) is 3.07. The number of hydrogen-bond acceptors (Lipinski definition) is 5. The van der Waals surface area contributed by atoms with Crippen LogP contribution in [0.2, 0.25) is 0 Å². The molecule has 6 nitrogen and oxygen atoms in total. The van der Waals surface area contributed by atoms with E-state index in [2.05, 4.69) is 4.98 Å². The van der Waals surface area contributed by atoms with Crippen molar-refractivity contribution in [2.75, 3.05) is 13.7 Å². The first kappa shape index (κ1) is 19.4. The van der Waals surface area contributed by atoms with Gasteiger partial charge in [0.25, 0.3) is 5.56 Å². The van der Waals surface area contributed by atoms with Crippen molar-refractivity contribution in [3.63, 3.8) is 0 Å². The van der Waals surface area contributed by atoms with Crippen molar-refractivity contribution in [3.05, 3.63) is 68.9 Å². The molecule has 1 fully saturated rings. The Bertz CT molecular complexity index is 1030. The van der Waals surface area contributed by atoms with Gasteiger partial charge in [0.1, 0.15) is 11.6 Å². The van der Waals surface area contributed by atoms with E-state index < -0.39 is 0 Å². The molecule has 150 valence electrons. The Morgan fingerprint density at radius 1 is 1.28 bits per heavy atom. The van der Waals surface area contributed by atoms with Crippen LogP contribution in [-0.2, 0) is 11.2 Å². The van der Waals surface area contributed by atoms with E-state index in [0.29, 0.717) is 24.5 Å². The van der Waals surface area contributed by atoms with Crippen LogP contribution in [0.5, 0.6) is 5.75 Å². The Balaban J connectivity index is 1.58. The van der Waals surface area contributed by atoms with E-state index in [4.69, 9.17) is 9.72 Å². The fourth-order valence-corrected chi connectivity index (χ4v) is 4.38. The lowest BCUT2D eigenvalue weighted by molar-refractivity contribution is -0.134. The number of H-pyrrole nitrogens is 1. The van der Waals surface area contributed by atoms with Crippen molar-refractivity contribution >= 4 is 17.2 Å². The third-order valence-corrected chi connectivity index (χ3v) is 5.91. The minimum Gasteiger partial charge on any atom is -0.497 e. The highest BCUT2D eigenvalue weighted by molar-refractivity contribution is 7.08. The number of hydrogen-bond donors (Lipinski definition) is 1. The molecule has 3 heterocycles. The summed E-state index contributed by atoms with van der Waals surface area (Å²) in [5, 5.41) is 3.93. The molecular formula is C22H23N3O3S. The predicted octanol–water partition coefficient (Wildman–Crippen LogP) is 3.80. The maximum atomic E-state index is 13.1. The minimum absolute atomic E-state index is 0.0449. The van der Waals surface area contributed by atoms with E-state index in [0.717, 1.165) is 36.1 Å². The first-order valence-electron chi connectivity index (χ1n) is 9.70. The van der Waals surface area contributed by atoms with E-state index in [-0.39, 0.29) is 17.5 Å². The molecular weight excluding hydrogens is 386 g/mol. The molecule has 1 saturated heterocycles. The van der Waals surface area contributed by atoms with Crippen molar-refractivity contribution in [1.29, 1.82) is 0 Å². The van der Waals surface area contributed by atoms with Gasteiger partial charge in [-0.3, -0.25) is 9.59 Å². The molecule has 4 rings (SSSR count). The van der Waals surface area contributed by atoms with Crippen molar-refractivity contribution in [1.82, 2.24) is 14.9 Å². The Kier molecular flexibility index (Phi) is 5.76. The van der Waals surface area contributed by atoms with Gasteiger partial charge in [0.2, 0.25) is 5.91 Å². The second-order valence-corrected chi connectivity index (χ2v) is 7.93. The predicted molar refractivity (Wildman–Crippen MR) is 113 cm³/mol. The molecule has 3 aromatic rings. The van der Waals surface area contributed by atoms with Gasteiger partial charge < -0.3 is 14.6 Å². The SMILES string of the molecule is COc1ccc(CC(=O)N2CCCC[C@@H]2c2nc(-c3ccsc3)cc(=O)[nH]2)cc1. The second kappa shape index (κ2) is 8.61. The summed E-state index contributed by atoms with van der Waals surface area (Å²) in [7, 11) is 1.62. The monoisotopic (exact) mass is 409 g/mol. The highest BCUT2D eigenvalue weighted by Gasteiger charge is 2.30. The first-order chi connectivity index (χ1) is 14.1. The topological polar surface area (TPSA) is 75.3 Å². The zero-order valence-corrected chi connectivity index (χ0v) is 17.1. The number of aromatic nitrogens is 2.